The summed E-state index contributed by atoms with van der Waals surface area (Å²) in [7, 11) is 0. The van der Waals surface area contributed by atoms with Crippen LogP contribution in [0.15, 0.2) is 0 Å². The molecule has 0 saturated heterocycles. The molecule has 1 aromatic rings. The van der Waals surface area contributed by atoms with Gasteiger partial charge in [0.25, 0.3) is 0 Å². The highest BCUT2D eigenvalue weighted by Gasteiger charge is 2.21. The Morgan fingerprint density at radius 1 is 1.21 bits per heavy atom. The van der Waals surface area contributed by atoms with Crippen molar-refractivity contribution in [2.45, 2.75) is 53.9 Å². The minimum atomic E-state index is -0.0895. The third-order valence-corrected chi connectivity index (χ3v) is 2.67. The van der Waals surface area contributed by atoms with E-state index in [1.54, 1.807) is 0 Å². The normalized spacial score (nSPS) is 11.8. The average Bonchev–Trinajstić information content (AvgIpc) is 2.28. The van der Waals surface area contributed by atoms with Crippen LogP contribution in [0.4, 0.5) is 5.82 Å². The number of anilines is 1. The molecule has 1 rings (SSSR count). The van der Waals surface area contributed by atoms with Crippen LogP contribution in [0.5, 0.6) is 5.88 Å². The van der Waals surface area contributed by atoms with Gasteiger partial charge in [0.2, 0.25) is 5.88 Å². The molecule has 0 fully saturated rings. The van der Waals surface area contributed by atoms with Gasteiger partial charge in [-0.1, -0.05) is 34.6 Å². The van der Waals surface area contributed by atoms with Crippen LogP contribution in [0.25, 0.3) is 0 Å². The Morgan fingerprint density at radius 2 is 1.84 bits per heavy atom. The van der Waals surface area contributed by atoms with E-state index in [1.807, 2.05) is 6.92 Å². The Bertz CT molecular complexity index is 422. The molecule has 0 aliphatic heterocycles. The fourth-order valence-corrected chi connectivity index (χ4v) is 1.56. The first-order chi connectivity index (χ1) is 8.75. The van der Waals surface area contributed by atoms with E-state index in [4.69, 9.17) is 4.74 Å². The van der Waals surface area contributed by atoms with E-state index in [-0.39, 0.29) is 5.41 Å². The lowest BCUT2D eigenvalue weighted by atomic mass is 9.95. The zero-order valence-corrected chi connectivity index (χ0v) is 13.3. The minimum Gasteiger partial charge on any atom is -0.477 e. The molecule has 19 heavy (non-hydrogen) atoms. The van der Waals surface area contributed by atoms with Crippen molar-refractivity contribution in [3.05, 3.63) is 11.4 Å². The molecule has 0 aliphatic carbocycles. The SMILES string of the molecule is CCNc1nc(C(C)(C)C)nc(OCC(C)C)c1C. The van der Waals surface area contributed by atoms with Crippen molar-refractivity contribution in [2.75, 3.05) is 18.5 Å². The van der Waals surface area contributed by atoms with E-state index < -0.39 is 0 Å². The number of ether oxygens (including phenoxy) is 1. The maximum absolute atomic E-state index is 5.83. The van der Waals surface area contributed by atoms with Crippen LogP contribution >= 0.6 is 0 Å². The van der Waals surface area contributed by atoms with Crippen molar-refractivity contribution < 1.29 is 4.74 Å². The third kappa shape index (κ3) is 4.37. The molecule has 0 amide bonds. The van der Waals surface area contributed by atoms with Gasteiger partial charge in [0.1, 0.15) is 11.6 Å². The Balaban J connectivity index is 3.16. The van der Waals surface area contributed by atoms with Crippen molar-refractivity contribution in [3.8, 4) is 5.88 Å². The van der Waals surface area contributed by atoms with E-state index in [9.17, 15) is 0 Å². The van der Waals surface area contributed by atoms with E-state index >= 15 is 0 Å². The van der Waals surface area contributed by atoms with Crippen molar-refractivity contribution in [3.63, 3.8) is 0 Å². The molecule has 4 nitrogen and oxygen atoms in total. The Kier molecular flexibility index (Phi) is 5.15. The molecular formula is C15H27N3O. The fraction of sp³-hybridized carbons (Fsp3) is 0.733. The van der Waals surface area contributed by atoms with Crippen LogP contribution in [0, 0.1) is 12.8 Å². The quantitative estimate of drug-likeness (QED) is 0.884. The highest BCUT2D eigenvalue weighted by atomic mass is 16.5. The van der Waals surface area contributed by atoms with Crippen LogP contribution in [-0.4, -0.2) is 23.1 Å². The van der Waals surface area contributed by atoms with Crippen LogP contribution in [0.3, 0.4) is 0 Å². The number of nitrogens with zero attached hydrogens (tertiary/aromatic N) is 2. The van der Waals surface area contributed by atoms with Gasteiger partial charge < -0.3 is 10.1 Å². The lowest BCUT2D eigenvalue weighted by molar-refractivity contribution is 0.257. The van der Waals surface area contributed by atoms with Gasteiger partial charge >= 0.3 is 0 Å². The summed E-state index contributed by atoms with van der Waals surface area (Å²) in [5, 5.41) is 3.29. The molecule has 108 valence electrons. The average molecular weight is 265 g/mol. The summed E-state index contributed by atoms with van der Waals surface area (Å²) in [6, 6.07) is 0. The summed E-state index contributed by atoms with van der Waals surface area (Å²) in [6.07, 6.45) is 0. The van der Waals surface area contributed by atoms with E-state index in [0.29, 0.717) is 18.4 Å². The highest BCUT2D eigenvalue weighted by molar-refractivity contribution is 5.49. The van der Waals surface area contributed by atoms with Gasteiger partial charge in [0.15, 0.2) is 0 Å². The van der Waals surface area contributed by atoms with Gasteiger partial charge in [0.05, 0.1) is 12.2 Å². The zero-order valence-electron chi connectivity index (χ0n) is 13.3. The topological polar surface area (TPSA) is 47.0 Å². The summed E-state index contributed by atoms with van der Waals surface area (Å²) in [5.74, 6) is 2.87. The fourth-order valence-electron chi connectivity index (χ4n) is 1.56. The van der Waals surface area contributed by atoms with Crippen LogP contribution < -0.4 is 10.1 Å². The lowest BCUT2D eigenvalue weighted by Gasteiger charge is -2.21. The van der Waals surface area contributed by atoms with E-state index in [1.165, 1.54) is 0 Å². The van der Waals surface area contributed by atoms with E-state index in [0.717, 1.165) is 23.8 Å². The molecule has 0 aromatic carbocycles. The number of nitrogens with one attached hydrogen (secondary N) is 1. The molecule has 0 unspecified atom stereocenters. The predicted octanol–water partition coefficient (Wildman–Crippen LogP) is 3.55. The minimum absolute atomic E-state index is 0.0895. The summed E-state index contributed by atoms with van der Waals surface area (Å²) >= 11 is 0. The number of aromatic nitrogens is 2. The molecule has 0 bridgehead atoms. The lowest BCUT2D eigenvalue weighted by Crippen LogP contribution is -2.19. The van der Waals surface area contributed by atoms with Crippen molar-refractivity contribution >= 4 is 5.82 Å². The van der Waals surface area contributed by atoms with Crippen LogP contribution in [-0.2, 0) is 5.41 Å². The first-order valence-electron chi connectivity index (χ1n) is 7.01. The second kappa shape index (κ2) is 6.22. The molecule has 0 atom stereocenters. The molecule has 0 spiro atoms. The van der Waals surface area contributed by atoms with Crippen molar-refractivity contribution in [1.29, 1.82) is 0 Å². The van der Waals surface area contributed by atoms with Gasteiger partial charge in [-0.25, -0.2) is 4.98 Å². The molecule has 0 radical (unpaired) electrons. The molecule has 1 aromatic heterocycles. The standard InChI is InChI=1S/C15H27N3O/c1-8-16-12-11(4)13(19-9-10(2)3)18-14(17-12)15(5,6)7/h10H,8-9H2,1-7H3,(H,16,17,18). The highest BCUT2D eigenvalue weighted by Crippen LogP contribution is 2.27. The Labute approximate surface area is 117 Å². The van der Waals surface area contributed by atoms with E-state index in [2.05, 4.69) is 56.8 Å². The Morgan fingerprint density at radius 3 is 2.32 bits per heavy atom. The maximum Gasteiger partial charge on any atom is 0.221 e. The monoisotopic (exact) mass is 265 g/mol. The summed E-state index contributed by atoms with van der Waals surface area (Å²) in [6.45, 7) is 16.2. The molecule has 4 heteroatoms. The van der Waals surface area contributed by atoms with Gasteiger partial charge in [-0.3, -0.25) is 0 Å². The van der Waals surface area contributed by atoms with Gasteiger partial charge in [-0.2, -0.15) is 4.98 Å². The van der Waals surface area contributed by atoms with Gasteiger partial charge in [-0.15, -0.1) is 0 Å². The zero-order chi connectivity index (χ0) is 14.6. The van der Waals surface area contributed by atoms with Crippen molar-refractivity contribution in [2.24, 2.45) is 5.92 Å². The summed E-state index contributed by atoms with van der Waals surface area (Å²) in [4.78, 5) is 9.20. The number of rotatable bonds is 5. The first-order valence-corrected chi connectivity index (χ1v) is 7.01. The predicted molar refractivity (Wildman–Crippen MR) is 80.0 cm³/mol. The Hall–Kier alpha value is -1.32. The number of hydrogen-bond acceptors (Lipinski definition) is 4. The van der Waals surface area contributed by atoms with Gasteiger partial charge in [0, 0.05) is 12.0 Å². The summed E-state index contributed by atoms with van der Waals surface area (Å²) < 4.78 is 5.83. The largest absolute Gasteiger partial charge is 0.477 e. The first kappa shape index (κ1) is 15.7. The molecular weight excluding hydrogens is 238 g/mol. The second-order valence-corrected chi connectivity index (χ2v) is 6.31. The third-order valence-electron chi connectivity index (χ3n) is 2.67. The van der Waals surface area contributed by atoms with Crippen LogP contribution in [0.2, 0.25) is 0 Å². The van der Waals surface area contributed by atoms with Crippen LogP contribution in [0.1, 0.15) is 52.9 Å². The summed E-state index contributed by atoms with van der Waals surface area (Å²) in [5.41, 5.74) is 0.892. The molecule has 0 aliphatic rings. The molecule has 1 heterocycles. The smallest absolute Gasteiger partial charge is 0.221 e. The van der Waals surface area contributed by atoms with Gasteiger partial charge in [-0.05, 0) is 19.8 Å². The number of hydrogen-bond donors (Lipinski definition) is 1. The van der Waals surface area contributed by atoms with Crippen molar-refractivity contribution in [1.82, 2.24) is 9.97 Å². The molecule has 0 saturated carbocycles. The maximum atomic E-state index is 5.83. The molecule has 1 N–H and O–H groups in total. The second-order valence-electron chi connectivity index (χ2n) is 6.31.